The zero-order valence-corrected chi connectivity index (χ0v) is 18.2. The van der Waals surface area contributed by atoms with E-state index in [0.717, 1.165) is 22.4 Å². The molecule has 1 aliphatic carbocycles. The van der Waals surface area contributed by atoms with Crippen molar-refractivity contribution >= 4 is 21.6 Å². The monoisotopic (exact) mass is 419 g/mol. The Labute approximate surface area is 172 Å². The second-order valence-electron chi connectivity index (χ2n) is 8.03. The Balaban J connectivity index is 1.61. The minimum Gasteiger partial charge on any atom is -0.444 e. The number of nitrogens with one attached hydrogen (secondary N) is 2. The number of rotatable bonds is 6. The van der Waals surface area contributed by atoms with Crippen LogP contribution in [-0.4, -0.2) is 30.6 Å². The first-order valence-electron chi connectivity index (χ1n) is 10.00. The van der Waals surface area contributed by atoms with Crippen LogP contribution in [0.5, 0.6) is 0 Å². The van der Waals surface area contributed by atoms with Crippen LogP contribution in [0.3, 0.4) is 0 Å². The Morgan fingerprint density at radius 2 is 1.83 bits per heavy atom. The number of anilines is 1. The molecule has 29 heavy (non-hydrogen) atoms. The van der Waals surface area contributed by atoms with E-state index in [4.69, 9.17) is 4.42 Å². The summed E-state index contributed by atoms with van der Waals surface area (Å²) >= 11 is 0. The number of carbonyl (C=O) groups is 1. The van der Waals surface area contributed by atoms with Crippen molar-refractivity contribution in [3.05, 3.63) is 35.9 Å². The Kier molecular flexibility index (Phi) is 6.43. The van der Waals surface area contributed by atoms with Gasteiger partial charge in [-0.3, -0.25) is 4.79 Å². The van der Waals surface area contributed by atoms with Gasteiger partial charge in [0.15, 0.2) is 12.2 Å². The highest BCUT2D eigenvalue weighted by atomic mass is 32.2. The van der Waals surface area contributed by atoms with Gasteiger partial charge in [-0.2, -0.15) is 0 Å². The van der Waals surface area contributed by atoms with Gasteiger partial charge in [-0.15, -0.1) is 0 Å². The molecule has 0 bridgehead atoms. The highest BCUT2D eigenvalue weighted by Gasteiger charge is 2.29. The van der Waals surface area contributed by atoms with Gasteiger partial charge in [0.05, 0.1) is 11.4 Å². The summed E-state index contributed by atoms with van der Waals surface area (Å²) < 4.78 is 32.2. The van der Waals surface area contributed by atoms with Gasteiger partial charge in [0.25, 0.3) is 0 Å². The summed E-state index contributed by atoms with van der Waals surface area (Å²) in [5.74, 6) is 0.583. The molecule has 1 aromatic heterocycles. The molecule has 0 aliphatic heterocycles. The van der Waals surface area contributed by atoms with Crippen molar-refractivity contribution in [3.63, 3.8) is 0 Å². The van der Waals surface area contributed by atoms with E-state index in [1.165, 1.54) is 6.39 Å². The molecule has 1 heterocycles. The molecule has 1 saturated carbocycles. The summed E-state index contributed by atoms with van der Waals surface area (Å²) in [5, 5.41) is 2.60. The largest absolute Gasteiger partial charge is 0.444 e. The minimum absolute atomic E-state index is 0.00918. The zero-order valence-electron chi connectivity index (χ0n) is 17.4. The molecule has 1 aliphatic rings. The average molecular weight is 420 g/mol. The lowest BCUT2D eigenvalue weighted by Crippen LogP contribution is -2.42. The summed E-state index contributed by atoms with van der Waals surface area (Å²) in [6, 6.07) is 3.73. The lowest BCUT2D eigenvalue weighted by atomic mass is 9.86. The fourth-order valence-corrected chi connectivity index (χ4v) is 4.62. The molecule has 0 unspecified atom stereocenters. The maximum absolute atomic E-state index is 12.8. The third-order valence-electron chi connectivity index (χ3n) is 5.79. The third kappa shape index (κ3) is 4.87. The molecule has 8 heteroatoms. The van der Waals surface area contributed by atoms with Crippen molar-refractivity contribution in [1.29, 1.82) is 0 Å². The first-order valence-corrected chi connectivity index (χ1v) is 11.5. The molecule has 3 rings (SSSR count). The van der Waals surface area contributed by atoms with Crippen molar-refractivity contribution in [2.24, 2.45) is 5.92 Å². The van der Waals surface area contributed by atoms with Gasteiger partial charge in [0.2, 0.25) is 15.9 Å². The van der Waals surface area contributed by atoms with E-state index in [0.29, 0.717) is 31.4 Å². The molecular formula is C21H29N3O4S. The number of hydrogen-bond acceptors (Lipinski definition) is 5. The second kappa shape index (κ2) is 8.67. The maximum Gasteiger partial charge on any atom is 0.227 e. The molecule has 0 atom stereocenters. The van der Waals surface area contributed by atoms with Gasteiger partial charge in [-0.25, -0.2) is 18.1 Å². The standard InChI is InChI=1S/C21H29N3O4S/c1-13(2)29(26,27)24-17-7-5-16(6-8-17)21(25)23-19-10-9-18(14(3)15(19)4)20-11-22-12-28-20/h9-13,16-17,24H,5-8H2,1-4H3,(H,23,25). The number of sulfonamides is 1. The van der Waals surface area contributed by atoms with Crippen LogP contribution >= 0.6 is 0 Å². The summed E-state index contributed by atoms with van der Waals surface area (Å²) in [4.78, 5) is 16.7. The highest BCUT2D eigenvalue weighted by molar-refractivity contribution is 7.90. The van der Waals surface area contributed by atoms with Crippen molar-refractivity contribution in [1.82, 2.24) is 9.71 Å². The molecule has 158 valence electrons. The van der Waals surface area contributed by atoms with Crippen LogP contribution in [0.1, 0.15) is 50.7 Å². The van der Waals surface area contributed by atoms with Crippen molar-refractivity contribution in [2.75, 3.05) is 5.32 Å². The molecule has 0 radical (unpaired) electrons. The predicted octanol–water partition coefficient (Wildman–Crippen LogP) is 3.78. The number of oxazole rings is 1. The van der Waals surface area contributed by atoms with Crippen LogP contribution in [0, 0.1) is 19.8 Å². The number of hydrogen-bond donors (Lipinski definition) is 2. The summed E-state index contributed by atoms with van der Waals surface area (Å²) in [5.41, 5.74) is 3.77. The van der Waals surface area contributed by atoms with Crippen LogP contribution in [0.4, 0.5) is 5.69 Å². The first kappa shape index (κ1) is 21.5. The van der Waals surface area contributed by atoms with Gasteiger partial charge < -0.3 is 9.73 Å². The SMILES string of the molecule is Cc1c(NC(=O)C2CCC(NS(=O)(=O)C(C)C)CC2)ccc(-c2cnco2)c1C. The van der Waals surface area contributed by atoms with Crippen LogP contribution < -0.4 is 10.0 Å². The van der Waals surface area contributed by atoms with Gasteiger partial charge in [-0.05, 0) is 76.6 Å². The molecule has 1 fully saturated rings. The van der Waals surface area contributed by atoms with E-state index in [2.05, 4.69) is 15.0 Å². The Bertz CT molecular complexity index is 960. The maximum atomic E-state index is 12.8. The van der Waals surface area contributed by atoms with Crippen LogP contribution in [0.15, 0.2) is 29.1 Å². The fraction of sp³-hybridized carbons (Fsp3) is 0.524. The van der Waals surface area contributed by atoms with E-state index in [-0.39, 0.29) is 17.9 Å². The van der Waals surface area contributed by atoms with E-state index >= 15 is 0 Å². The highest BCUT2D eigenvalue weighted by Crippen LogP contribution is 2.31. The van der Waals surface area contributed by atoms with E-state index in [9.17, 15) is 13.2 Å². The zero-order chi connectivity index (χ0) is 21.2. The molecule has 7 nitrogen and oxygen atoms in total. The van der Waals surface area contributed by atoms with E-state index in [1.54, 1.807) is 20.0 Å². The van der Waals surface area contributed by atoms with Gasteiger partial charge in [-0.1, -0.05) is 0 Å². The third-order valence-corrected chi connectivity index (χ3v) is 7.70. The number of aromatic nitrogens is 1. The lowest BCUT2D eigenvalue weighted by molar-refractivity contribution is -0.120. The van der Waals surface area contributed by atoms with Crippen molar-refractivity contribution < 1.29 is 17.6 Å². The molecule has 1 aromatic carbocycles. The normalized spacial score (nSPS) is 20.0. The van der Waals surface area contributed by atoms with Crippen molar-refractivity contribution in [3.8, 4) is 11.3 Å². The number of nitrogens with zero attached hydrogens (tertiary/aromatic N) is 1. The van der Waals surface area contributed by atoms with E-state index < -0.39 is 15.3 Å². The Hall–Kier alpha value is -2.19. The Morgan fingerprint density at radius 3 is 2.41 bits per heavy atom. The number of carbonyl (C=O) groups excluding carboxylic acids is 1. The minimum atomic E-state index is -3.28. The van der Waals surface area contributed by atoms with Gasteiger partial charge in [0.1, 0.15) is 0 Å². The second-order valence-corrected chi connectivity index (χ2v) is 10.3. The molecule has 0 saturated heterocycles. The summed E-state index contributed by atoms with van der Waals surface area (Å²) in [7, 11) is -3.28. The summed E-state index contributed by atoms with van der Waals surface area (Å²) in [6.45, 7) is 7.30. The van der Waals surface area contributed by atoms with Gasteiger partial charge >= 0.3 is 0 Å². The number of benzene rings is 1. The van der Waals surface area contributed by atoms with Crippen LogP contribution in [-0.2, 0) is 14.8 Å². The smallest absolute Gasteiger partial charge is 0.227 e. The fourth-order valence-electron chi connectivity index (χ4n) is 3.65. The quantitative estimate of drug-likeness (QED) is 0.742. The number of amides is 1. The predicted molar refractivity (Wildman–Crippen MR) is 113 cm³/mol. The molecule has 2 N–H and O–H groups in total. The average Bonchev–Trinajstić information content (AvgIpc) is 3.20. The summed E-state index contributed by atoms with van der Waals surface area (Å²) in [6.07, 6.45) is 5.76. The molecule has 2 aromatic rings. The van der Waals surface area contributed by atoms with Crippen LogP contribution in [0.2, 0.25) is 0 Å². The van der Waals surface area contributed by atoms with Gasteiger partial charge in [0, 0.05) is 23.2 Å². The molecule has 0 spiro atoms. The Morgan fingerprint density at radius 1 is 1.14 bits per heavy atom. The van der Waals surface area contributed by atoms with Crippen molar-refractivity contribution in [2.45, 2.75) is 64.7 Å². The first-order chi connectivity index (χ1) is 13.7. The topological polar surface area (TPSA) is 101 Å². The molecular weight excluding hydrogens is 390 g/mol. The molecule has 1 amide bonds. The lowest BCUT2D eigenvalue weighted by Gasteiger charge is -2.29. The van der Waals surface area contributed by atoms with Crippen LogP contribution in [0.25, 0.3) is 11.3 Å². The van der Waals surface area contributed by atoms with E-state index in [1.807, 2.05) is 26.0 Å².